The maximum Gasteiger partial charge on any atom is 0.144 e. The fourth-order valence-electron chi connectivity index (χ4n) is 3.03. The molecular formula is C18H28N4O. The Balaban J connectivity index is 1.82. The standard InChI is InChI=1S/C18H28N4O/c1-14(2)17-7-6-16(11-19)18(21-17)20-8-4-10-22-9-3-5-15(12-22)13-23/h6-7,14-15,23H,3-5,8-10,12-13H2,1-2H3,(H,20,21). The molecule has 0 saturated carbocycles. The molecule has 23 heavy (non-hydrogen) atoms. The molecule has 126 valence electrons. The highest BCUT2D eigenvalue weighted by Gasteiger charge is 2.18. The Morgan fingerprint density at radius 3 is 3.00 bits per heavy atom. The lowest BCUT2D eigenvalue weighted by molar-refractivity contribution is 0.120. The largest absolute Gasteiger partial charge is 0.396 e. The fourth-order valence-corrected chi connectivity index (χ4v) is 3.03. The topological polar surface area (TPSA) is 72.2 Å². The zero-order valence-corrected chi connectivity index (χ0v) is 14.3. The quantitative estimate of drug-likeness (QED) is 0.757. The number of hydrogen-bond acceptors (Lipinski definition) is 5. The summed E-state index contributed by atoms with van der Waals surface area (Å²) in [7, 11) is 0. The van der Waals surface area contributed by atoms with E-state index in [4.69, 9.17) is 0 Å². The van der Waals surface area contributed by atoms with Crippen LogP contribution in [-0.4, -0.2) is 47.8 Å². The highest BCUT2D eigenvalue weighted by atomic mass is 16.3. The molecule has 1 saturated heterocycles. The van der Waals surface area contributed by atoms with E-state index in [1.807, 2.05) is 12.1 Å². The first kappa shape index (κ1) is 17.7. The van der Waals surface area contributed by atoms with Gasteiger partial charge in [0.25, 0.3) is 0 Å². The van der Waals surface area contributed by atoms with Gasteiger partial charge in [-0.3, -0.25) is 0 Å². The number of nitrogens with zero attached hydrogens (tertiary/aromatic N) is 3. The molecule has 1 aliphatic rings. The van der Waals surface area contributed by atoms with Crippen molar-refractivity contribution in [1.29, 1.82) is 5.26 Å². The van der Waals surface area contributed by atoms with Crippen molar-refractivity contribution in [2.45, 2.75) is 39.0 Å². The van der Waals surface area contributed by atoms with E-state index in [9.17, 15) is 10.4 Å². The van der Waals surface area contributed by atoms with E-state index in [-0.39, 0.29) is 0 Å². The highest BCUT2D eigenvalue weighted by Crippen LogP contribution is 2.19. The van der Waals surface area contributed by atoms with Crippen LogP contribution in [-0.2, 0) is 0 Å². The van der Waals surface area contributed by atoms with Crippen LogP contribution in [0.3, 0.4) is 0 Å². The lowest BCUT2D eigenvalue weighted by Crippen LogP contribution is -2.37. The van der Waals surface area contributed by atoms with Crippen molar-refractivity contribution in [1.82, 2.24) is 9.88 Å². The summed E-state index contributed by atoms with van der Waals surface area (Å²) in [6.07, 6.45) is 3.33. The molecule has 1 aromatic heterocycles. The summed E-state index contributed by atoms with van der Waals surface area (Å²) in [6.45, 7) is 8.46. The van der Waals surface area contributed by atoms with E-state index in [0.717, 1.165) is 44.7 Å². The molecule has 0 amide bonds. The number of aliphatic hydroxyl groups excluding tert-OH is 1. The minimum absolute atomic E-state index is 0.298. The number of rotatable bonds is 7. The van der Waals surface area contributed by atoms with E-state index in [2.05, 4.69) is 35.1 Å². The third-order valence-corrected chi connectivity index (χ3v) is 4.43. The van der Waals surface area contributed by atoms with Crippen LogP contribution < -0.4 is 5.32 Å². The van der Waals surface area contributed by atoms with Gasteiger partial charge in [0.1, 0.15) is 11.9 Å². The molecule has 1 atom stereocenters. The first-order valence-electron chi connectivity index (χ1n) is 8.62. The number of aromatic nitrogens is 1. The number of nitriles is 1. The van der Waals surface area contributed by atoms with Crippen molar-refractivity contribution in [3.05, 3.63) is 23.4 Å². The average molecular weight is 316 g/mol. The Kier molecular flexibility index (Phi) is 6.82. The molecule has 0 spiro atoms. The molecular weight excluding hydrogens is 288 g/mol. The normalized spacial score (nSPS) is 18.8. The number of hydrogen-bond donors (Lipinski definition) is 2. The third-order valence-electron chi connectivity index (χ3n) is 4.43. The van der Waals surface area contributed by atoms with Gasteiger partial charge in [-0.05, 0) is 56.3 Å². The monoisotopic (exact) mass is 316 g/mol. The molecule has 0 radical (unpaired) electrons. The molecule has 1 aliphatic heterocycles. The fraction of sp³-hybridized carbons (Fsp3) is 0.667. The van der Waals surface area contributed by atoms with Crippen LogP contribution in [0, 0.1) is 17.2 Å². The zero-order chi connectivity index (χ0) is 16.7. The molecule has 2 N–H and O–H groups in total. The van der Waals surface area contributed by atoms with Crippen molar-refractivity contribution in [2.75, 3.05) is 38.1 Å². The van der Waals surface area contributed by atoms with Gasteiger partial charge in [0, 0.05) is 25.4 Å². The Morgan fingerprint density at radius 1 is 1.48 bits per heavy atom. The van der Waals surface area contributed by atoms with E-state index in [1.165, 1.54) is 6.42 Å². The van der Waals surface area contributed by atoms with Gasteiger partial charge in [-0.15, -0.1) is 0 Å². The number of aliphatic hydroxyl groups is 1. The highest BCUT2D eigenvalue weighted by molar-refractivity contribution is 5.52. The Labute approximate surface area is 139 Å². The summed E-state index contributed by atoms with van der Waals surface area (Å²) in [5.41, 5.74) is 1.61. The van der Waals surface area contributed by atoms with Gasteiger partial charge in [-0.25, -0.2) is 4.98 Å². The summed E-state index contributed by atoms with van der Waals surface area (Å²) >= 11 is 0. The lowest BCUT2D eigenvalue weighted by Gasteiger charge is -2.31. The van der Waals surface area contributed by atoms with E-state index < -0.39 is 0 Å². The first-order valence-corrected chi connectivity index (χ1v) is 8.62. The number of anilines is 1. The van der Waals surface area contributed by atoms with Gasteiger partial charge in [0.2, 0.25) is 0 Å². The molecule has 2 rings (SSSR count). The summed E-state index contributed by atoms with van der Waals surface area (Å²) in [5, 5.41) is 21.8. The summed E-state index contributed by atoms with van der Waals surface area (Å²) < 4.78 is 0. The molecule has 1 aromatic rings. The molecule has 1 fully saturated rings. The molecule has 0 aromatic carbocycles. The third kappa shape index (κ3) is 5.19. The minimum atomic E-state index is 0.298. The molecule has 5 nitrogen and oxygen atoms in total. The summed E-state index contributed by atoms with van der Waals surface area (Å²) in [6, 6.07) is 5.98. The van der Waals surface area contributed by atoms with Gasteiger partial charge in [-0.2, -0.15) is 5.26 Å². The van der Waals surface area contributed by atoms with Gasteiger partial charge >= 0.3 is 0 Å². The Hall–Kier alpha value is -1.64. The van der Waals surface area contributed by atoms with Crippen LogP contribution >= 0.6 is 0 Å². The predicted molar refractivity (Wildman–Crippen MR) is 92.4 cm³/mol. The molecule has 5 heteroatoms. The second-order valence-corrected chi connectivity index (χ2v) is 6.67. The zero-order valence-electron chi connectivity index (χ0n) is 14.3. The van der Waals surface area contributed by atoms with Crippen LogP contribution in [0.2, 0.25) is 0 Å². The van der Waals surface area contributed by atoms with E-state index in [1.54, 1.807) is 0 Å². The van der Waals surface area contributed by atoms with Crippen LogP contribution in [0.25, 0.3) is 0 Å². The van der Waals surface area contributed by atoms with Gasteiger partial charge < -0.3 is 15.3 Å². The average Bonchev–Trinajstić information content (AvgIpc) is 2.58. The van der Waals surface area contributed by atoms with Crippen LogP contribution in [0.1, 0.15) is 50.3 Å². The van der Waals surface area contributed by atoms with Gasteiger partial charge in [-0.1, -0.05) is 13.8 Å². The van der Waals surface area contributed by atoms with E-state index in [0.29, 0.717) is 29.8 Å². The van der Waals surface area contributed by atoms with Crippen LogP contribution in [0.15, 0.2) is 12.1 Å². The van der Waals surface area contributed by atoms with Crippen LogP contribution in [0.5, 0.6) is 0 Å². The molecule has 1 unspecified atom stereocenters. The second-order valence-electron chi connectivity index (χ2n) is 6.67. The number of likely N-dealkylation sites (tertiary alicyclic amines) is 1. The van der Waals surface area contributed by atoms with Gasteiger partial charge in [0.15, 0.2) is 0 Å². The van der Waals surface area contributed by atoms with Crippen LogP contribution in [0.4, 0.5) is 5.82 Å². The van der Waals surface area contributed by atoms with Crippen molar-refractivity contribution >= 4 is 5.82 Å². The molecule has 0 aliphatic carbocycles. The van der Waals surface area contributed by atoms with Crippen molar-refractivity contribution in [3.63, 3.8) is 0 Å². The smallest absolute Gasteiger partial charge is 0.144 e. The Morgan fingerprint density at radius 2 is 2.30 bits per heavy atom. The first-order chi connectivity index (χ1) is 11.1. The van der Waals surface area contributed by atoms with E-state index >= 15 is 0 Å². The predicted octanol–water partition coefficient (Wildman–Crippen LogP) is 2.58. The maximum absolute atomic E-state index is 9.28. The SMILES string of the molecule is CC(C)c1ccc(C#N)c(NCCCN2CCCC(CO)C2)n1. The maximum atomic E-state index is 9.28. The van der Waals surface area contributed by atoms with Crippen molar-refractivity contribution in [3.8, 4) is 6.07 Å². The minimum Gasteiger partial charge on any atom is -0.396 e. The molecule has 0 bridgehead atoms. The lowest BCUT2D eigenvalue weighted by atomic mass is 9.99. The van der Waals surface area contributed by atoms with Gasteiger partial charge in [0.05, 0.1) is 5.56 Å². The Bertz CT molecular complexity index is 538. The number of nitrogens with one attached hydrogen (secondary N) is 1. The summed E-state index contributed by atoms with van der Waals surface area (Å²) in [5.74, 6) is 1.49. The number of piperidine rings is 1. The van der Waals surface area contributed by atoms with Crippen molar-refractivity contribution < 1.29 is 5.11 Å². The summed E-state index contributed by atoms with van der Waals surface area (Å²) in [4.78, 5) is 7.00. The molecule has 2 heterocycles. The van der Waals surface area contributed by atoms with Crippen molar-refractivity contribution in [2.24, 2.45) is 5.92 Å². The second kappa shape index (κ2) is 8.85. The number of pyridine rings is 1.